The van der Waals surface area contributed by atoms with Gasteiger partial charge in [-0.2, -0.15) is 0 Å². The molecule has 0 aromatic rings. The molecular weight excluding hydrogens is 162 g/mol. The average molecular weight is 187 g/mol. The summed E-state index contributed by atoms with van der Waals surface area (Å²) in [5.41, 5.74) is -0.510. The van der Waals surface area contributed by atoms with Crippen LogP contribution in [0, 0.1) is 0 Å². The summed E-state index contributed by atoms with van der Waals surface area (Å²) in [6.07, 6.45) is 5.63. The summed E-state index contributed by atoms with van der Waals surface area (Å²) in [7, 11) is 0. The van der Waals surface area contributed by atoms with Crippen LogP contribution in [-0.4, -0.2) is 23.8 Å². The van der Waals surface area contributed by atoms with Crippen molar-refractivity contribution in [3.63, 3.8) is 0 Å². The highest BCUT2D eigenvalue weighted by Gasteiger charge is 2.18. The van der Waals surface area contributed by atoms with Gasteiger partial charge in [0.1, 0.15) is 0 Å². The fourth-order valence-electron chi connectivity index (χ4n) is 1.38. The van der Waals surface area contributed by atoms with Crippen molar-refractivity contribution in [3.05, 3.63) is 0 Å². The van der Waals surface area contributed by atoms with Crippen LogP contribution in [-0.2, 0) is 0 Å². The number of unbranched alkanes of at least 4 members (excludes halogenated alkanes) is 2. The Balaban J connectivity index is 3.42. The van der Waals surface area contributed by atoms with Crippen LogP contribution >= 0.6 is 0 Å². The van der Waals surface area contributed by atoms with Crippen molar-refractivity contribution in [1.82, 2.24) is 5.32 Å². The third kappa shape index (κ3) is 8.26. The quantitative estimate of drug-likeness (QED) is 0.572. The smallest absolute Gasteiger partial charge is 0.0743 e. The molecule has 0 heterocycles. The van der Waals surface area contributed by atoms with Gasteiger partial charge in [-0.25, -0.2) is 0 Å². The van der Waals surface area contributed by atoms with Crippen LogP contribution < -0.4 is 5.32 Å². The molecule has 0 aliphatic heterocycles. The van der Waals surface area contributed by atoms with Crippen LogP contribution in [0.1, 0.15) is 52.9 Å². The van der Waals surface area contributed by atoms with Gasteiger partial charge >= 0.3 is 0 Å². The molecule has 0 saturated carbocycles. The molecule has 2 N–H and O–H groups in total. The fourth-order valence-corrected chi connectivity index (χ4v) is 1.38. The summed E-state index contributed by atoms with van der Waals surface area (Å²) >= 11 is 0. The molecule has 80 valence electrons. The van der Waals surface area contributed by atoms with Crippen LogP contribution in [0.25, 0.3) is 0 Å². The van der Waals surface area contributed by atoms with E-state index in [0.717, 1.165) is 32.4 Å². The Bertz CT molecular complexity index is 101. The van der Waals surface area contributed by atoms with E-state index in [0.29, 0.717) is 0 Å². The molecule has 0 fully saturated rings. The Morgan fingerprint density at radius 1 is 1.15 bits per heavy atom. The zero-order valence-electron chi connectivity index (χ0n) is 9.40. The summed E-state index contributed by atoms with van der Waals surface area (Å²) in [6.45, 7) is 7.97. The van der Waals surface area contributed by atoms with Crippen LogP contribution in [0.2, 0.25) is 0 Å². The van der Waals surface area contributed by atoms with Gasteiger partial charge in [0, 0.05) is 6.54 Å². The highest BCUT2D eigenvalue weighted by Crippen LogP contribution is 2.13. The van der Waals surface area contributed by atoms with E-state index >= 15 is 0 Å². The van der Waals surface area contributed by atoms with Crippen molar-refractivity contribution < 1.29 is 5.11 Å². The number of hydrogen-bond acceptors (Lipinski definition) is 2. The van der Waals surface area contributed by atoms with E-state index in [9.17, 15) is 5.11 Å². The van der Waals surface area contributed by atoms with E-state index in [1.807, 2.05) is 6.92 Å². The summed E-state index contributed by atoms with van der Waals surface area (Å²) < 4.78 is 0. The molecule has 0 spiro atoms. The third-order valence-electron chi connectivity index (χ3n) is 2.25. The van der Waals surface area contributed by atoms with Crippen molar-refractivity contribution >= 4 is 0 Å². The second kappa shape index (κ2) is 7.34. The predicted octanol–water partition coefficient (Wildman–Crippen LogP) is 2.32. The fraction of sp³-hybridized carbons (Fsp3) is 1.00. The van der Waals surface area contributed by atoms with E-state index in [4.69, 9.17) is 0 Å². The molecule has 13 heavy (non-hydrogen) atoms. The van der Waals surface area contributed by atoms with E-state index in [1.54, 1.807) is 0 Å². The molecule has 2 heteroatoms. The molecule has 0 rings (SSSR count). The lowest BCUT2D eigenvalue weighted by molar-refractivity contribution is 0.0484. The minimum atomic E-state index is -0.510. The van der Waals surface area contributed by atoms with Crippen molar-refractivity contribution in [2.45, 2.75) is 58.5 Å². The highest BCUT2D eigenvalue weighted by molar-refractivity contribution is 4.74. The molecule has 2 nitrogen and oxygen atoms in total. The van der Waals surface area contributed by atoms with Gasteiger partial charge in [0.25, 0.3) is 0 Å². The number of rotatable bonds is 8. The van der Waals surface area contributed by atoms with Gasteiger partial charge in [0.15, 0.2) is 0 Å². The zero-order valence-corrected chi connectivity index (χ0v) is 9.40. The maximum atomic E-state index is 9.91. The largest absolute Gasteiger partial charge is 0.389 e. The first kappa shape index (κ1) is 12.9. The maximum Gasteiger partial charge on any atom is 0.0743 e. The lowest BCUT2D eigenvalue weighted by atomic mass is 9.98. The van der Waals surface area contributed by atoms with Crippen molar-refractivity contribution in [3.8, 4) is 0 Å². The minimum absolute atomic E-state index is 0.510. The third-order valence-corrected chi connectivity index (χ3v) is 2.25. The molecule has 1 unspecified atom stereocenters. The van der Waals surface area contributed by atoms with Crippen molar-refractivity contribution in [2.75, 3.05) is 13.1 Å². The Kier molecular flexibility index (Phi) is 7.29. The van der Waals surface area contributed by atoms with E-state index < -0.39 is 5.60 Å². The van der Waals surface area contributed by atoms with Gasteiger partial charge in [-0.3, -0.25) is 0 Å². The first-order valence-electron chi connectivity index (χ1n) is 5.55. The second-order valence-electron chi connectivity index (χ2n) is 4.13. The standard InChI is InChI=1S/C11H25NO/c1-4-6-7-8-11(3,13)10-12-9-5-2/h12-13H,4-10H2,1-3H3. The van der Waals surface area contributed by atoms with Gasteiger partial charge in [0.2, 0.25) is 0 Å². The summed E-state index contributed by atoms with van der Waals surface area (Å²) in [4.78, 5) is 0. The van der Waals surface area contributed by atoms with Gasteiger partial charge < -0.3 is 10.4 Å². The zero-order chi connectivity index (χ0) is 10.2. The summed E-state index contributed by atoms with van der Waals surface area (Å²) in [6, 6.07) is 0. The highest BCUT2D eigenvalue weighted by atomic mass is 16.3. The van der Waals surface area contributed by atoms with Crippen LogP contribution in [0.15, 0.2) is 0 Å². The number of hydrogen-bond donors (Lipinski definition) is 2. The maximum absolute atomic E-state index is 9.91. The van der Waals surface area contributed by atoms with Crippen LogP contribution in [0.4, 0.5) is 0 Å². The van der Waals surface area contributed by atoms with Crippen LogP contribution in [0.3, 0.4) is 0 Å². The molecule has 0 aromatic heterocycles. The number of nitrogens with one attached hydrogen (secondary N) is 1. The molecule has 0 bridgehead atoms. The first-order chi connectivity index (χ1) is 6.12. The normalized spacial score (nSPS) is 15.7. The monoisotopic (exact) mass is 187 g/mol. The molecule has 0 aliphatic carbocycles. The lowest BCUT2D eigenvalue weighted by Gasteiger charge is -2.23. The second-order valence-corrected chi connectivity index (χ2v) is 4.13. The molecule has 1 atom stereocenters. The SMILES string of the molecule is CCCCCC(C)(O)CNCCC. The van der Waals surface area contributed by atoms with Crippen molar-refractivity contribution in [2.24, 2.45) is 0 Å². The van der Waals surface area contributed by atoms with Gasteiger partial charge in [-0.1, -0.05) is 33.1 Å². The topological polar surface area (TPSA) is 32.3 Å². The number of aliphatic hydroxyl groups is 1. The molecule has 0 radical (unpaired) electrons. The molecule has 0 aromatic carbocycles. The van der Waals surface area contributed by atoms with E-state index in [2.05, 4.69) is 19.2 Å². The van der Waals surface area contributed by atoms with Gasteiger partial charge in [0.05, 0.1) is 5.60 Å². The van der Waals surface area contributed by atoms with E-state index in [1.165, 1.54) is 12.8 Å². The lowest BCUT2D eigenvalue weighted by Crippen LogP contribution is -2.38. The Hall–Kier alpha value is -0.0800. The van der Waals surface area contributed by atoms with Crippen molar-refractivity contribution in [1.29, 1.82) is 0 Å². The molecular formula is C11H25NO. The molecule has 0 saturated heterocycles. The first-order valence-corrected chi connectivity index (χ1v) is 5.55. The predicted molar refractivity (Wildman–Crippen MR) is 57.9 cm³/mol. The average Bonchev–Trinajstić information content (AvgIpc) is 2.05. The van der Waals surface area contributed by atoms with Gasteiger partial charge in [-0.05, 0) is 26.3 Å². The minimum Gasteiger partial charge on any atom is -0.389 e. The van der Waals surface area contributed by atoms with Crippen LogP contribution in [0.5, 0.6) is 0 Å². The van der Waals surface area contributed by atoms with Gasteiger partial charge in [-0.15, -0.1) is 0 Å². The molecule has 0 amide bonds. The summed E-state index contributed by atoms with van der Waals surface area (Å²) in [5, 5.41) is 13.2. The van der Waals surface area contributed by atoms with E-state index in [-0.39, 0.29) is 0 Å². The Labute approximate surface area is 82.7 Å². The summed E-state index contributed by atoms with van der Waals surface area (Å²) in [5.74, 6) is 0. The molecule has 0 aliphatic rings. The Morgan fingerprint density at radius 2 is 1.85 bits per heavy atom. The Morgan fingerprint density at radius 3 is 2.38 bits per heavy atom.